The molecule has 0 amide bonds. The number of rotatable bonds is 5. The van der Waals surface area contributed by atoms with Crippen molar-refractivity contribution in [2.24, 2.45) is 7.05 Å². The molecule has 0 spiro atoms. The second-order valence-electron chi connectivity index (χ2n) is 4.94. The summed E-state index contributed by atoms with van der Waals surface area (Å²) in [7, 11) is -0.741. The first-order valence-electron chi connectivity index (χ1n) is 6.66. The molecule has 0 bridgehead atoms. The highest BCUT2D eigenvalue weighted by Crippen LogP contribution is 2.32. The van der Waals surface area contributed by atoms with Crippen molar-refractivity contribution in [3.05, 3.63) is 39.7 Å². The maximum absolute atomic E-state index is 11.8. The highest BCUT2D eigenvalue weighted by Gasteiger charge is 2.22. The fourth-order valence-corrected chi connectivity index (χ4v) is 2.89. The average molecular weight is 339 g/mol. The van der Waals surface area contributed by atoms with Crippen LogP contribution in [0, 0.1) is 24.0 Å². The van der Waals surface area contributed by atoms with Gasteiger partial charge in [0.05, 0.1) is 26.9 Å². The van der Waals surface area contributed by atoms with Crippen LogP contribution in [0.4, 0.5) is 17.1 Å². The van der Waals surface area contributed by atoms with Crippen molar-refractivity contribution in [3.63, 3.8) is 0 Å². The molecule has 0 aliphatic carbocycles. The summed E-state index contributed by atoms with van der Waals surface area (Å²) in [6.45, 7) is 3.61. The van der Waals surface area contributed by atoms with E-state index in [0.717, 1.165) is 11.8 Å². The number of anilines is 2. The van der Waals surface area contributed by atoms with Crippen LogP contribution in [0.5, 0.6) is 0 Å². The van der Waals surface area contributed by atoms with Crippen molar-refractivity contribution < 1.29 is 13.3 Å². The fraction of sp³-hybridized carbons (Fsp3) is 0.308. The summed E-state index contributed by atoms with van der Waals surface area (Å²) in [5.41, 5.74) is 2.02. The van der Waals surface area contributed by atoms with Crippen molar-refractivity contribution in [1.29, 1.82) is 0 Å². The molecule has 23 heavy (non-hydrogen) atoms. The van der Waals surface area contributed by atoms with Gasteiger partial charge in [0.2, 0.25) is 10.0 Å². The Kier molecular flexibility index (Phi) is 4.39. The lowest BCUT2D eigenvalue weighted by Gasteiger charge is -2.09. The number of nitro groups is 1. The predicted molar refractivity (Wildman–Crippen MR) is 85.3 cm³/mol. The predicted octanol–water partition coefficient (Wildman–Crippen LogP) is 1.60. The molecule has 1 aromatic heterocycles. The minimum atomic E-state index is -3.75. The van der Waals surface area contributed by atoms with E-state index in [1.165, 1.54) is 19.2 Å². The summed E-state index contributed by atoms with van der Waals surface area (Å²) >= 11 is 0. The number of nitrogens with one attached hydrogen (secondary N) is 2. The monoisotopic (exact) mass is 339 g/mol. The van der Waals surface area contributed by atoms with E-state index in [-0.39, 0.29) is 16.3 Å². The molecular formula is C13H17N5O4S. The second-order valence-corrected chi connectivity index (χ2v) is 6.82. The van der Waals surface area contributed by atoms with E-state index < -0.39 is 14.9 Å². The van der Waals surface area contributed by atoms with Gasteiger partial charge in [-0.15, -0.1) is 0 Å². The van der Waals surface area contributed by atoms with Crippen LogP contribution in [-0.4, -0.2) is 30.2 Å². The molecular weight excluding hydrogens is 322 g/mol. The number of hydrogen-bond acceptors (Lipinski definition) is 6. The number of sulfonamides is 1. The van der Waals surface area contributed by atoms with E-state index in [1.54, 1.807) is 18.7 Å². The molecule has 2 aromatic rings. The molecule has 0 radical (unpaired) electrons. The van der Waals surface area contributed by atoms with E-state index in [9.17, 15) is 18.5 Å². The molecule has 1 heterocycles. The van der Waals surface area contributed by atoms with Gasteiger partial charge in [-0.1, -0.05) is 0 Å². The number of nitrogens with zero attached hydrogens (tertiary/aromatic N) is 3. The smallest absolute Gasteiger partial charge is 0.294 e. The van der Waals surface area contributed by atoms with E-state index in [4.69, 9.17) is 0 Å². The minimum Gasteiger partial charge on any atom is -0.347 e. The Hall–Kier alpha value is -2.46. The third-order valence-electron chi connectivity index (χ3n) is 3.51. The normalized spacial score (nSPS) is 11.5. The first kappa shape index (κ1) is 16.9. The summed E-state index contributed by atoms with van der Waals surface area (Å²) in [6.07, 6.45) is 0. The maximum Gasteiger partial charge on any atom is 0.294 e. The molecule has 0 aliphatic rings. The lowest BCUT2D eigenvalue weighted by molar-refractivity contribution is -0.384. The third-order valence-corrected chi connectivity index (χ3v) is 4.93. The SMILES string of the molecule is CNS(=O)(=O)c1ccc(Nc2c(C)nn(C)c2C)c([N+](=O)[O-])c1. The van der Waals surface area contributed by atoms with Crippen molar-refractivity contribution in [2.75, 3.05) is 12.4 Å². The Bertz CT molecular complexity index is 873. The van der Waals surface area contributed by atoms with Crippen molar-refractivity contribution in [2.45, 2.75) is 18.7 Å². The van der Waals surface area contributed by atoms with Crippen LogP contribution in [-0.2, 0) is 17.1 Å². The van der Waals surface area contributed by atoms with Gasteiger partial charge < -0.3 is 5.32 Å². The van der Waals surface area contributed by atoms with E-state index in [0.29, 0.717) is 11.4 Å². The first-order chi connectivity index (χ1) is 10.7. The number of nitro benzene ring substituents is 1. The third kappa shape index (κ3) is 3.17. The molecule has 10 heteroatoms. The van der Waals surface area contributed by atoms with Crippen LogP contribution in [0.2, 0.25) is 0 Å². The van der Waals surface area contributed by atoms with Gasteiger partial charge in [-0.2, -0.15) is 5.10 Å². The van der Waals surface area contributed by atoms with Crippen LogP contribution in [0.1, 0.15) is 11.4 Å². The number of hydrogen-bond donors (Lipinski definition) is 2. The van der Waals surface area contributed by atoms with E-state index in [1.807, 2.05) is 6.92 Å². The standard InChI is InChI=1S/C13H17N5O4S/c1-8-13(9(2)17(4)16-8)15-11-6-5-10(23(21,22)14-3)7-12(11)18(19)20/h5-7,14-15H,1-4H3. The Morgan fingerprint density at radius 1 is 1.30 bits per heavy atom. The second kappa shape index (κ2) is 5.97. The summed E-state index contributed by atoms with van der Waals surface area (Å²) in [6, 6.07) is 3.70. The highest BCUT2D eigenvalue weighted by molar-refractivity contribution is 7.89. The van der Waals surface area contributed by atoms with Crippen LogP contribution in [0.15, 0.2) is 23.1 Å². The largest absolute Gasteiger partial charge is 0.347 e. The van der Waals surface area contributed by atoms with Crippen molar-refractivity contribution >= 4 is 27.1 Å². The molecule has 0 saturated heterocycles. The van der Waals surface area contributed by atoms with Gasteiger partial charge in [-0.25, -0.2) is 13.1 Å². The topological polar surface area (TPSA) is 119 Å². The maximum atomic E-state index is 11.8. The lowest BCUT2D eigenvalue weighted by Crippen LogP contribution is -2.18. The molecule has 2 rings (SSSR count). The summed E-state index contributed by atoms with van der Waals surface area (Å²) < 4.78 is 27.4. The van der Waals surface area contributed by atoms with Crippen molar-refractivity contribution in [3.8, 4) is 0 Å². The number of benzene rings is 1. The van der Waals surface area contributed by atoms with Crippen LogP contribution < -0.4 is 10.0 Å². The Labute approximate surface area is 133 Å². The Balaban J connectivity index is 2.53. The summed E-state index contributed by atoms with van der Waals surface area (Å²) in [5, 5.41) is 18.5. The van der Waals surface area contributed by atoms with Gasteiger partial charge in [0.1, 0.15) is 5.69 Å². The van der Waals surface area contributed by atoms with Crippen LogP contribution in [0.25, 0.3) is 0 Å². The quantitative estimate of drug-likeness (QED) is 0.631. The molecule has 0 fully saturated rings. The zero-order valence-electron chi connectivity index (χ0n) is 13.1. The molecule has 0 aliphatic heterocycles. The van der Waals surface area contributed by atoms with Crippen molar-refractivity contribution in [1.82, 2.24) is 14.5 Å². The van der Waals surface area contributed by atoms with Gasteiger partial charge in [0.25, 0.3) is 5.69 Å². The van der Waals surface area contributed by atoms with Gasteiger partial charge in [0, 0.05) is 13.1 Å². The number of aromatic nitrogens is 2. The van der Waals surface area contributed by atoms with Crippen LogP contribution >= 0.6 is 0 Å². The first-order valence-corrected chi connectivity index (χ1v) is 8.15. The zero-order chi connectivity index (χ0) is 17.4. The highest BCUT2D eigenvalue weighted by atomic mass is 32.2. The van der Waals surface area contributed by atoms with E-state index >= 15 is 0 Å². The van der Waals surface area contributed by atoms with Gasteiger partial charge >= 0.3 is 0 Å². The Morgan fingerprint density at radius 3 is 2.43 bits per heavy atom. The molecule has 9 nitrogen and oxygen atoms in total. The minimum absolute atomic E-state index is 0.170. The summed E-state index contributed by atoms with van der Waals surface area (Å²) in [5.74, 6) is 0. The molecule has 0 atom stereocenters. The summed E-state index contributed by atoms with van der Waals surface area (Å²) in [4.78, 5) is 10.5. The van der Waals surface area contributed by atoms with Crippen LogP contribution in [0.3, 0.4) is 0 Å². The molecule has 2 N–H and O–H groups in total. The number of aryl methyl sites for hydroxylation is 2. The van der Waals surface area contributed by atoms with Gasteiger partial charge in [0.15, 0.2) is 0 Å². The molecule has 124 valence electrons. The van der Waals surface area contributed by atoms with Gasteiger partial charge in [-0.3, -0.25) is 14.8 Å². The average Bonchev–Trinajstić information content (AvgIpc) is 2.73. The Morgan fingerprint density at radius 2 is 1.96 bits per heavy atom. The van der Waals surface area contributed by atoms with E-state index in [2.05, 4.69) is 15.1 Å². The molecule has 0 saturated carbocycles. The molecule has 1 aromatic carbocycles. The zero-order valence-corrected chi connectivity index (χ0v) is 13.9. The fourth-order valence-electron chi connectivity index (χ4n) is 2.14. The molecule has 0 unspecified atom stereocenters. The van der Waals surface area contributed by atoms with Gasteiger partial charge in [-0.05, 0) is 33.0 Å². The lowest BCUT2D eigenvalue weighted by atomic mass is 10.2.